The molecule has 2 aromatic carbocycles. The van der Waals surface area contributed by atoms with E-state index in [9.17, 15) is 4.79 Å². The van der Waals surface area contributed by atoms with Gasteiger partial charge in [-0.05, 0) is 29.8 Å². The van der Waals surface area contributed by atoms with E-state index >= 15 is 0 Å². The van der Waals surface area contributed by atoms with Crippen LogP contribution in [0, 0.1) is 0 Å². The standard InChI is InChI=1S/C15H10O2S/c16-15(17)8-6-10-5-7-14-12(9-10)11-3-1-2-4-13(11)18-14/h1-9H,(H,16,17). The van der Waals surface area contributed by atoms with Crippen molar-refractivity contribution < 1.29 is 9.90 Å². The molecular weight excluding hydrogens is 244 g/mol. The lowest BCUT2D eigenvalue weighted by atomic mass is 10.1. The zero-order chi connectivity index (χ0) is 12.5. The predicted octanol–water partition coefficient (Wildman–Crippen LogP) is 4.15. The second-order valence-corrected chi connectivity index (χ2v) is 5.11. The Morgan fingerprint density at radius 2 is 1.83 bits per heavy atom. The lowest BCUT2D eigenvalue weighted by Crippen LogP contribution is -1.85. The number of aliphatic carboxylic acids is 1. The first-order chi connectivity index (χ1) is 8.74. The molecule has 1 aromatic heterocycles. The van der Waals surface area contributed by atoms with E-state index in [2.05, 4.69) is 12.1 Å². The van der Waals surface area contributed by atoms with Gasteiger partial charge in [0.1, 0.15) is 0 Å². The van der Waals surface area contributed by atoms with Gasteiger partial charge in [0.05, 0.1) is 0 Å². The maximum absolute atomic E-state index is 10.5. The van der Waals surface area contributed by atoms with Crippen molar-refractivity contribution >= 4 is 43.6 Å². The maximum atomic E-state index is 10.5. The molecule has 0 aliphatic rings. The molecule has 0 aliphatic heterocycles. The van der Waals surface area contributed by atoms with Crippen LogP contribution < -0.4 is 0 Å². The molecule has 0 amide bonds. The molecule has 3 heteroatoms. The molecule has 18 heavy (non-hydrogen) atoms. The smallest absolute Gasteiger partial charge is 0.328 e. The van der Waals surface area contributed by atoms with Crippen LogP contribution in [-0.4, -0.2) is 11.1 Å². The molecular formula is C15H10O2S. The molecule has 2 nitrogen and oxygen atoms in total. The zero-order valence-electron chi connectivity index (χ0n) is 9.46. The van der Waals surface area contributed by atoms with Gasteiger partial charge < -0.3 is 5.11 Å². The number of hydrogen-bond donors (Lipinski definition) is 1. The van der Waals surface area contributed by atoms with Crippen molar-refractivity contribution in [1.82, 2.24) is 0 Å². The Kier molecular flexibility index (Phi) is 2.61. The number of carbonyl (C=O) groups is 1. The molecule has 0 saturated carbocycles. The fourth-order valence-corrected chi connectivity index (χ4v) is 3.10. The molecule has 0 spiro atoms. The summed E-state index contributed by atoms with van der Waals surface area (Å²) in [6.07, 6.45) is 2.78. The molecule has 0 aliphatic carbocycles. The van der Waals surface area contributed by atoms with Crippen LogP contribution in [0.5, 0.6) is 0 Å². The van der Waals surface area contributed by atoms with E-state index in [-0.39, 0.29) is 0 Å². The maximum Gasteiger partial charge on any atom is 0.328 e. The highest BCUT2D eigenvalue weighted by Gasteiger charge is 2.04. The third-order valence-electron chi connectivity index (χ3n) is 2.82. The third kappa shape index (κ3) is 1.89. The predicted molar refractivity (Wildman–Crippen MR) is 76.0 cm³/mol. The normalized spacial score (nSPS) is 11.6. The number of fused-ring (bicyclic) bond motifs is 3. The van der Waals surface area contributed by atoms with E-state index in [1.54, 1.807) is 17.4 Å². The van der Waals surface area contributed by atoms with E-state index < -0.39 is 5.97 Å². The molecule has 3 rings (SSSR count). The third-order valence-corrected chi connectivity index (χ3v) is 3.97. The summed E-state index contributed by atoms with van der Waals surface area (Å²) in [5.74, 6) is -0.926. The fourth-order valence-electron chi connectivity index (χ4n) is 2.01. The van der Waals surface area contributed by atoms with Crippen LogP contribution in [0.3, 0.4) is 0 Å². The molecule has 0 radical (unpaired) electrons. The minimum absolute atomic E-state index is 0.911. The molecule has 1 heterocycles. The first kappa shape index (κ1) is 11.0. The highest BCUT2D eigenvalue weighted by atomic mass is 32.1. The molecule has 0 unspecified atom stereocenters. The van der Waals surface area contributed by atoms with E-state index in [1.165, 1.54) is 20.2 Å². The largest absolute Gasteiger partial charge is 0.478 e. The van der Waals surface area contributed by atoms with Gasteiger partial charge in [-0.15, -0.1) is 11.3 Å². The lowest BCUT2D eigenvalue weighted by Gasteiger charge is -1.94. The molecule has 0 atom stereocenters. The second kappa shape index (κ2) is 4.27. The van der Waals surface area contributed by atoms with Gasteiger partial charge in [0, 0.05) is 26.2 Å². The van der Waals surface area contributed by atoms with E-state index in [0.29, 0.717) is 0 Å². The summed E-state index contributed by atoms with van der Waals surface area (Å²) in [6.45, 7) is 0. The molecule has 0 fully saturated rings. The number of carboxylic acids is 1. The van der Waals surface area contributed by atoms with Crippen molar-refractivity contribution in [1.29, 1.82) is 0 Å². The summed E-state index contributed by atoms with van der Waals surface area (Å²) in [5, 5.41) is 11.0. The van der Waals surface area contributed by atoms with E-state index in [0.717, 1.165) is 11.6 Å². The Labute approximate surface area is 108 Å². The van der Waals surface area contributed by atoms with Crippen molar-refractivity contribution in [3.05, 3.63) is 54.1 Å². The summed E-state index contributed by atoms with van der Waals surface area (Å²) in [6, 6.07) is 14.3. The van der Waals surface area contributed by atoms with Crippen LogP contribution in [0.25, 0.3) is 26.2 Å². The second-order valence-electron chi connectivity index (χ2n) is 4.03. The van der Waals surface area contributed by atoms with Gasteiger partial charge in [-0.25, -0.2) is 4.79 Å². The highest BCUT2D eigenvalue weighted by molar-refractivity contribution is 7.25. The quantitative estimate of drug-likeness (QED) is 0.697. The van der Waals surface area contributed by atoms with Crippen LogP contribution >= 0.6 is 11.3 Å². The van der Waals surface area contributed by atoms with Gasteiger partial charge in [-0.3, -0.25) is 0 Å². The van der Waals surface area contributed by atoms with Gasteiger partial charge in [0.2, 0.25) is 0 Å². The van der Waals surface area contributed by atoms with Crippen molar-refractivity contribution in [2.75, 3.05) is 0 Å². The Balaban J connectivity index is 2.21. The summed E-state index contributed by atoms with van der Waals surface area (Å²) < 4.78 is 2.48. The van der Waals surface area contributed by atoms with Gasteiger partial charge in [0.25, 0.3) is 0 Å². The average Bonchev–Trinajstić information content (AvgIpc) is 2.74. The lowest BCUT2D eigenvalue weighted by molar-refractivity contribution is -0.131. The Hall–Kier alpha value is -2.13. The van der Waals surface area contributed by atoms with Crippen molar-refractivity contribution in [3.8, 4) is 0 Å². The summed E-state index contributed by atoms with van der Waals surface area (Å²) in [5.41, 5.74) is 0.911. The minimum atomic E-state index is -0.926. The van der Waals surface area contributed by atoms with Gasteiger partial charge in [-0.1, -0.05) is 24.3 Å². The van der Waals surface area contributed by atoms with Crippen molar-refractivity contribution in [2.45, 2.75) is 0 Å². The number of thiophene rings is 1. The number of carboxylic acid groups (broad SMARTS) is 1. The number of rotatable bonds is 2. The van der Waals surface area contributed by atoms with Crippen LogP contribution in [0.2, 0.25) is 0 Å². The summed E-state index contributed by atoms with van der Waals surface area (Å²) in [7, 11) is 0. The average molecular weight is 254 g/mol. The SMILES string of the molecule is O=C(O)C=Cc1ccc2sc3ccccc3c2c1. The number of benzene rings is 2. The molecule has 0 bridgehead atoms. The Bertz CT molecular complexity index is 768. The molecule has 1 N–H and O–H groups in total. The van der Waals surface area contributed by atoms with Crippen LogP contribution in [0.1, 0.15) is 5.56 Å². The van der Waals surface area contributed by atoms with E-state index in [4.69, 9.17) is 5.11 Å². The minimum Gasteiger partial charge on any atom is -0.478 e. The highest BCUT2D eigenvalue weighted by Crippen LogP contribution is 2.34. The van der Waals surface area contributed by atoms with Crippen LogP contribution in [0.4, 0.5) is 0 Å². The van der Waals surface area contributed by atoms with Crippen LogP contribution in [0.15, 0.2) is 48.5 Å². The molecule has 3 aromatic rings. The van der Waals surface area contributed by atoms with Crippen LogP contribution in [-0.2, 0) is 4.79 Å². The Morgan fingerprint density at radius 1 is 1.06 bits per heavy atom. The number of hydrogen-bond acceptors (Lipinski definition) is 2. The summed E-state index contributed by atoms with van der Waals surface area (Å²) in [4.78, 5) is 10.5. The first-order valence-electron chi connectivity index (χ1n) is 5.56. The first-order valence-corrected chi connectivity index (χ1v) is 6.38. The topological polar surface area (TPSA) is 37.3 Å². The fraction of sp³-hybridized carbons (Fsp3) is 0. The van der Waals surface area contributed by atoms with Gasteiger partial charge in [0.15, 0.2) is 0 Å². The Morgan fingerprint density at radius 3 is 2.67 bits per heavy atom. The van der Waals surface area contributed by atoms with Crippen molar-refractivity contribution in [3.63, 3.8) is 0 Å². The van der Waals surface area contributed by atoms with Crippen molar-refractivity contribution in [2.24, 2.45) is 0 Å². The van der Waals surface area contributed by atoms with Gasteiger partial charge in [-0.2, -0.15) is 0 Å². The van der Waals surface area contributed by atoms with Gasteiger partial charge >= 0.3 is 5.97 Å². The molecule has 88 valence electrons. The van der Waals surface area contributed by atoms with E-state index in [1.807, 2.05) is 30.3 Å². The molecule has 0 saturated heterocycles. The zero-order valence-corrected chi connectivity index (χ0v) is 10.3. The summed E-state index contributed by atoms with van der Waals surface area (Å²) >= 11 is 1.75. The monoisotopic (exact) mass is 254 g/mol.